The van der Waals surface area contributed by atoms with Crippen LogP contribution in [0.4, 0.5) is 0 Å². The molecule has 16 heavy (non-hydrogen) atoms. The van der Waals surface area contributed by atoms with E-state index >= 15 is 0 Å². The molecule has 0 aromatic heterocycles. The first-order valence-corrected chi connectivity index (χ1v) is 5.38. The van der Waals surface area contributed by atoms with Gasteiger partial charge in [-0.25, -0.2) is 5.48 Å². The zero-order valence-electron chi connectivity index (χ0n) is 9.91. The van der Waals surface area contributed by atoms with Gasteiger partial charge in [-0.1, -0.05) is 0 Å². The van der Waals surface area contributed by atoms with Crippen molar-refractivity contribution in [3.8, 4) is 0 Å². The van der Waals surface area contributed by atoms with Gasteiger partial charge in [0.2, 0.25) is 5.91 Å². The first-order chi connectivity index (χ1) is 7.42. The fourth-order valence-corrected chi connectivity index (χ4v) is 1.91. The number of nitrogens with one attached hydrogen (secondary N) is 2. The van der Waals surface area contributed by atoms with Crippen molar-refractivity contribution in [1.29, 1.82) is 0 Å². The molecule has 0 aliphatic carbocycles. The molecule has 2 atom stereocenters. The van der Waals surface area contributed by atoms with Crippen molar-refractivity contribution in [3.63, 3.8) is 0 Å². The standard InChI is InChI=1S/C10H19N3O3/c1-7(8(14)12-16)13(3)9(15)10(2)5-4-6-11-10/h7,11,16H,4-6H2,1-3H3,(H,12,14)/t7-,10?/m1/s1. The molecule has 0 radical (unpaired) electrons. The van der Waals surface area contributed by atoms with Crippen molar-refractivity contribution in [2.45, 2.75) is 38.3 Å². The molecule has 2 amide bonds. The predicted octanol–water partition coefficient (Wildman–Crippen LogP) is -0.519. The van der Waals surface area contributed by atoms with E-state index < -0.39 is 17.5 Å². The largest absolute Gasteiger partial charge is 0.332 e. The molecule has 1 unspecified atom stereocenters. The number of carbonyl (C=O) groups is 2. The average Bonchev–Trinajstić information content (AvgIpc) is 2.73. The van der Waals surface area contributed by atoms with Crippen LogP contribution in [0.25, 0.3) is 0 Å². The summed E-state index contributed by atoms with van der Waals surface area (Å²) >= 11 is 0. The van der Waals surface area contributed by atoms with Crippen molar-refractivity contribution in [2.75, 3.05) is 13.6 Å². The first kappa shape index (κ1) is 12.9. The molecule has 1 fully saturated rings. The minimum atomic E-state index is -0.684. The maximum Gasteiger partial charge on any atom is 0.265 e. The maximum absolute atomic E-state index is 12.1. The van der Waals surface area contributed by atoms with Crippen molar-refractivity contribution in [3.05, 3.63) is 0 Å². The highest BCUT2D eigenvalue weighted by atomic mass is 16.5. The molecule has 1 heterocycles. The number of hydrogen-bond donors (Lipinski definition) is 3. The molecule has 0 saturated carbocycles. The highest BCUT2D eigenvalue weighted by molar-refractivity contribution is 5.91. The molecule has 0 spiro atoms. The SMILES string of the molecule is C[C@H](C(=O)NO)N(C)C(=O)C1(C)CCCN1. The normalized spacial score (nSPS) is 26.2. The average molecular weight is 229 g/mol. The fraction of sp³-hybridized carbons (Fsp3) is 0.800. The van der Waals surface area contributed by atoms with Gasteiger partial charge in [0.1, 0.15) is 6.04 Å². The number of hydrogen-bond acceptors (Lipinski definition) is 4. The molecule has 6 heteroatoms. The van der Waals surface area contributed by atoms with Gasteiger partial charge < -0.3 is 10.2 Å². The lowest BCUT2D eigenvalue weighted by Gasteiger charge is -2.32. The number of nitrogens with zero attached hydrogens (tertiary/aromatic N) is 1. The van der Waals surface area contributed by atoms with Crippen LogP contribution in [0.2, 0.25) is 0 Å². The van der Waals surface area contributed by atoms with E-state index in [0.29, 0.717) is 0 Å². The van der Waals surface area contributed by atoms with Crippen molar-refractivity contribution >= 4 is 11.8 Å². The van der Waals surface area contributed by atoms with Gasteiger partial charge in [-0.05, 0) is 33.2 Å². The van der Waals surface area contributed by atoms with E-state index in [2.05, 4.69) is 5.32 Å². The Hall–Kier alpha value is -1.14. The zero-order chi connectivity index (χ0) is 12.3. The third kappa shape index (κ3) is 2.33. The monoisotopic (exact) mass is 229 g/mol. The molecule has 1 saturated heterocycles. The third-order valence-corrected chi connectivity index (χ3v) is 3.23. The molecule has 0 bridgehead atoms. The summed E-state index contributed by atoms with van der Waals surface area (Å²) in [4.78, 5) is 24.7. The van der Waals surface area contributed by atoms with Gasteiger partial charge in [0.05, 0.1) is 5.54 Å². The second kappa shape index (κ2) is 4.80. The van der Waals surface area contributed by atoms with Crippen LogP contribution < -0.4 is 10.8 Å². The van der Waals surface area contributed by atoms with Gasteiger partial charge in [0.25, 0.3) is 5.91 Å². The summed E-state index contributed by atoms with van der Waals surface area (Å²) in [6.45, 7) is 4.22. The van der Waals surface area contributed by atoms with Gasteiger partial charge in [0.15, 0.2) is 0 Å². The Morgan fingerprint density at radius 1 is 1.56 bits per heavy atom. The van der Waals surface area contributed by atoms with Crippen LogP contribution in [-0.2, 0) is 9.59 Å². The minimum Gasteiger partial charge on any atom is -0.332 e. The lowest BCUT2D eigenvalue weighted by molar-refractivity contribution is -0.145. The van der Waals surface area contributed by atoms with Gasteiger partial charge >= 0.3 is 0 Å². The molecule has 92 valence electrons. The Morgan fingerprint density at radius 3 is 2.62 bits per heavy atom. The summed E-state index contributed by atoms with van der Waals surface area (Å²) in [5.41, 5.74) is 0.966. The number of hydroxylamine groups is 1. The van der Waals surface area contributed by atoms with Crippen molar-refractivity contribution < 1.29 is 14.8 Å². The summed E-state index contributed by atoms with van der Waals surface area (Å²) in [5.74, 6) is -0.710. The Balaban J connectivity index is 2.70. The van der Waals surface area contributed by atoms with Crippen molar-refractivity contribution in [2.24, 2.45) is 0 Å². The van der Waals surface area contributed by atoms with E-state index in [0.717, 1.165) is 19.4 Å². The smallest absolute Gasteiger partial charge is 0.265 e. The van der Waals surface area contributed by atoms with E-state index in [-0.39, 0.29) is 5.91 Å². The summed E-state index contributed by atoms with van der Waals surface area (Å²) < 4.78 is 0. The second-order valence-electron chi connectivity index (χ2n) is 4.43. The lowest BCUT2D eigenvalue weighted by Crippen LogP contribution is -2.56. The molecular weight excluding hydrogens is 210 g/mol. The van der Waals surface area contributed by atoms with E-state index in [1.807, 2.05) is 6.92 Å². The fourth-order valence-electron chi connectivity index (χ4n) is 1.91. The summed E-state index contributed by atoms with van der Waals surface area (Å²) in [6.07, 6.45) is 1.72. The topological polar surface area (TPSA) is 81.7 Å². The van der Waals surface area contributed by atoms with E-state index in [4.69, 9.17) is 5.21 Å². The Labute approximate surface area is 94.9 Å². The van der Waals surface area contributed by atoms with Gasteiger partial charge in [-0.15, -0.1) is 0 Å². The van der Waals surface area contributed by atoms with Crippen LogP contribution in [0.15, 0.2) is 0 Å². The molecule has 6 nitrogen and oxygen atoms in total. The highest BCUT2D eigenvalue weighted by Gasteiger charge is 2.39. The van der Waals surface area contributed by atoms with Gasteiger partial charge in [-0.2, -0.15) is 0 Å². The van der Waals surface area contributed by atoms with E-state index in [1.165, 1.54) is 4.90 Å². The molecule has 1 aliphatic rings. The minimum absolute atomic E-state index is 0.124. The van der Waals surface area contributed by atoms with Crippen LogP contribution in [0.5, 0.6) is 0 Å². The van der Waals surface area contributed by atoms with Crippen LogP contribution in [0.1, 0.15) is 26.7 Å². The molecule has 3 N–H and O–H groups in total. The molecule has 1 aliphatic heterocycles. The molecule has 0 aromatic rings. The van der Waals surface area contributed by atoms with Gasteiger partial charge in [0, 0.05) is 7.05 Å². The Kier molecular flexibility index (Phi) is 3.88. The van der Waals surface area contributed by atoms with Crippen molar-refractivity contribution in [1.82, 2.24) is 15.7 Å². The molecule has 1 rings (SSSR count). The van der Waals surface area contributed by atoms with E-state index in [1.54, 1.807) is 19.5 Å². The summed E-state index contributed by atoms with van der Waals surface area (Å²) in [6, 6.07) is -0.684. The second-order valence-corrected chi connectivity index (χ2v) is 4.43. The quantitative estimate of drug-likeness (QED) is 0.449. The highest BCUT2D eigenvalue weighted by Crippen LogP contribution is 2.21. The van der Waals surface area contributed by atoms with E-state index in [9.17, 15) is 9.59 Å². The Morgan fingerprint density at radius 2 is 2.19 bits per heavy atom. The summed E-state index contributed by atoms with van der Waals surface area (Å²) in [5, 5.41) is 11.7. The van der Waals surface area contributed by atoms with Crippen LogP contribution >= 0.6 is 0 Å². The number of likely N-dealkylation sites (N-methyl/N-ethyl adjacent to an activating group) is 1. The molecular formula is C10H19N3O3. The lowest BCUT2D eigenvalue weighted by atomic mass is 9.98. The number of rotatable bonds is 3. The zero-order valence-corrected chi connectivity index (χ0v) is 9.91. The Bertz CT molecular complexity index is 287. The molecule has 0 aromatic carbocycles. The van der Waals surface area contributed by atoms with Gasteiger partial charge in [-0.3, -0.25) is 14.8 Å². The van der Waals surface area contributed by atoms with Crippen LogP contribution in [0.3, 0.4) is 0 Å². The number of carbonyl (C=O) groups excluding carboxylic acids is 2. The summed E-state index contributed by atoms with van der Waals surface area (Å²) in [7, 11) is 1.56. The predicted molar refractivity (Wildman–Crippen MR) is 57.8 cm³/mol. The third-order valence-electron chi connectivity index (χ3n) is 3.23. The number of amides is 2. The first-order valence-electron chi connectivity index (χ1n) is 5.38. The maximum atomic E-state index is 12.1. The van der Waals surface area contributed by atoms with Crippen LogP contribution in [0, 0.1) is 0 Å². The van der Waals surface area contributed by atoms with Crippen LogP contribution in [-0.4, -0.2) is 47.1 Å².